The molecule has 3 saturated carbocycles. The first-order chi connectivity index (χ1) is 10.7. The molecule has 4 heteroatoms. The number of esters is 2. The zero-order valence-corrected chi connectivity index (χ0v) is 12.9. The van der Waals surface area contributed by atoms with E-state index in [1.807, 2.05) is 0 Å². The molecule has 0 amide bonds. The molecule has 0 saturated heterocycles. The monoisotopic (exact) mass is 304 g/mol. The van der Waals surface area contributed by atoms with Gasteiger partial charge in [0.05, 0.1) is 13.2 Å². The standard InChI is InChI=1S/C18H24O4/c1-3-17(19)21-9-15-13-8-14(12-7-5-6-11(12)13)16(15)10-22-18(20)4-2/h3-4,11-16H,1-2,5-10H2/t11-,12+,13+,14-,15+,16-. The molecule has 0 unspecified atom stereocenters. The van der Waals surface area contributed by atoms with Crippen molar-refractivity contribution in [3.05, 3.63) is 25.3 Å². The molecule has 0 spiro atoms. The summed E-state index contributed by atoms with van der Waals surface area (Å²) < 4.78 is 10.6. The van der Waals surface area contributed by atoms with E-state index in [2.05, 4.69) is 13.2 Å². The molecule has 4 nitrogen and oxygen atoms in total. The number of rotatable bonds is 6. The molecule has 6 atom stereocenters. The molecular formula is C18H24O4. The zero-order chi connectivity index (χ0) is 15.7. The van der Waals surface area contributed by atoms with E-state index < -0.39 is 0 Å². The highest BCUT2D eigenvalue weighted by Crippen LogP contribution is 2.63. The van der Waals surface area contributed by atoms with Crippen molar-refractivity contribution in [2.24, 2.45) is 35.5 Å². The molecule has 0 radical (unpaired) electrons. The van der Waals surface area contributed by atoms with Crippen molar-refractivity contribution in [3.8, 4) is 0 Å². The van der Waals surface area contributed by atoms with Gasteiger partial charge in [0.1, 0.15) is 0 Å². The summed E-state index contributed by atoms with van der Waals surface area (Å²) in [6.45, 7) is 7.73. The maximum absolute atomic E-state index is 11.4. The molecule has 0 N–H and O–H groups in total. The second-order valence-electron chi connectivity index (χ2n) is 6.82. The Morgan fingerprint density at radius 2 is 1.32 bits per heavy atom. The first kappa shape index (κ1) is 15.3. The van der Waals surface area contributed by atoms with E-state index >= 15 is 0 Å². The number of carbonyl (C=O) groups excluding carboxylic acids is 2. The van der Waals surface area contributed by atoms with Crippen LogP contribution in [0.2, 0.25) is 0 Å². The van der Waals surface area contributed by atoms with Crippen LogP contribution >= 0.6 is 0 Å². The minimum Gasteiger partial charge on any atom is -0.462 e. The van der Waals surface area contributed by atoms with E-state index in [9.17, 15) is 9.59 Å². The highest BCUT2D eigenvalue weighted by atomic mass is 16.5. The lowest BCUT2D eigenvalue weighted by Gasteiger charge is -2.37. The summed E-state index contributed by atoms with van der Waals surface area (Å²) in [4.78, 5) is 22.8. The summed E-state index contributed by atoms with van der Waals surface area (Å²) >= 11 is 0. The molecular weight excluding hydrogens is 280 g/mol. The predicted molar refractivity (Wildman–Crippen MR) is 81.7 cm³/mol. The van der Waals surface area contributed by atoms with Crippen LogP contribution in [0.15, 0.2) is 25.3 Å². The summed E-state index contributed by atoms with van der Waals surface area (Å²) in [5.41, 5.74) is 0. The van der Waals surface area contributed by atoms with Crippen molar-refractivity contribution in [3.63, 3.8) is 0 Å². The highest BCUT2D eigenvalue weighted by Gasteiger charge is 2.59. The minimum absolute atomic E-state index is 0.311. The molecule has 22 heavy (non-hydrogen) atoms. The van der Waals surface area contributed by atoms with Gasteiger partial charge in [-0.05, 0) is 42.9 Å². The van der Waals surface area contributed by atoms with E-state index in [0.717, 1.165) is 11.8 Å². The fourth-order valence-corrected chi connectivity index (χ4v) is 5.33. The molecule has 3 aliphatic rings. The van der Waals surface area contributed by atoms with Crippen LogP contribution in [0.1, 0.15) is 25.7 Å². The van der Waals surface area contributed by atoms with Crippen LogP contribution in [0, 0.1) is 35.5 Å². The Kier molecular flexibility index (Phi) is 4.37. The third-order valence-corrected chi connectivity index (χ3v) is 6.09. The molecule has 0 aromatic carbocycles. The van der Waals surface area contributed by atoms with Crippen LogP contribution in [0.5, 0.6) is 0 Å². The summed E-state index contributed by atoms with van der Waals surface area (Å²) in [7, 11) is 0. The molecule has 0 heterocycles. The summed E-state index contributed by atoms with van der Waals surface area (Å²) in [5, 5.41) is 0. The van der Waals surface area contributed by atoms with Gasteiger partial charge in [-0.2, -0.15) is 0 Å². The average Bonchev–Trinajstić information content (AvgIpc) is 3.21. The SMILES string of the molecule is C=CC(=O)OC[C@@H]1[C@H](COC(=O)C=C)[C@@H]2C[C@H]1[C@@H]1CCC[C@@H]12. The van der Waals surface area contributed by atoms with Crippen LogP contribution in [-0.4, -0.2) is 25.2 Å². The van der Waals surface area contributed by atoms with Crippen molar-refractivity contribution in [1.29, 1.82) is 0 Å². The Labute approximate surface area is 131 Å². The molecule has 3 aliphatic carbocycles. The van der Waals surface area contributed by atoms with Crippen molar-refractivity contribution in [2.45, 2.75) is 25.7 Å². The van der Waals surface area contributed by atoms with Gasteiger partial charge in [-0.3, -0.25) is 0 Å². The van der Waals surface area contributed by atoms with Crippen molar-refractivity contribution >= 4 is 11.9 Å². The second-order valence-corrected chi connectivity index (χ2v) is 6.82. The molecule has 3 rings (SSSR count). The first-order valence-corrected chi connectivity index (χ1v) is 8.24. The number of fused-ring (bicyclic) bond motifs is 5. The van der Waals surface area contributed by atoms with Gasteiger partial charge in [0, 0.05) is 24.0 Å². The number of hydrogen-bond donors (Lipinski definition) is 0. The topological polar surface area (TPSA) is 52.6 Å². The predicted octanol–water partition coefficient (Wildman–Crippen LogP) is 2.74. The quantitative estimate of drug-likeness (QED) is 0.559. The lowest BCUT2D eigenvalue weighted by molar-refractivity contribution is -0.145. The first-order valence-electron chi connectivity index (χ1n) is 8.24. The van der Waals surface area contributed by atoms with Gasteiger partial charge in [0.25, 0.3) is 0 Å². The van der Waals surface area contributed by atoms with Crippen molar-refractivity contribution in [2.75, 3.05) is 13.2 Å². The fraction of sp³-hybridized carbons (Fsp3) is 0.667. The third-order valence-electron chi connectivity index (χ3n) is 6.09. The molecule has 0 aromatic rings. The molecule has 120 valence electrons. The Morgan fingerprint density at radius 1 is 0.864 bits per heavy atom. The van der Waals surface area contributed by atoms with Gasteiger partial charge in [-0.15, -0.1) is 0 Å². The van der Waals surface area contributed by atoms with E-state index in [0.29, 0.717) is 36.9 Å². The lowest BCUT2D eigenvalue weighted by atomic mass is 9.70. The van der Waals surface area contributed by atoms with Crippen LogP contribution in [0.4, 0.5) is 0 Å². The maximum Gasteiger partial charge on any atom is 0.330 e. The van der Waals surface area contributed by atoms with Gasteiger partial charge in [0.15, 0.2) is 0 Å². The summed E-state index contributed by atoms with van der Waals surface area (Å²) in [5.74, 6) is 2.68. The van der Waals surface area contributed by atoms with Crippen molar-refractivity contribution < 1.29 is 19.1 Å². The van der Waals surface area contributed by atoms with E-state index in [1.165, 1.54) is 37.8 Å². The Balaban J connectivity index is 1.69. The molecule has 0 aliphatic heterocycles. The fourth-order valence-electron chi connectivity index (χ4n) is 5.33. The summed E-state index contributed by atoms with van der Waals surface area (Å²) in [6.07, 6.45) is 7.52. The molecule has 3 fully saturated rings. The molecule has 2 bridgehead atoms. The second kappa shape index (κ2) is 6.27. The number of hydrogen-bond acceptors (Lipinski definition) is 4. The van der Waals surface area contributed by atoms with Crippen LogP contribution in [-0.2, 0) is 19.1 Å². The molecule has 0 aromatic heterocycles. The smallest absolute Gasteiger partial charge is 0.330 e. The van der Waals surface area contributed by atoms with E-state index in [4.69, 9.17) is 9.47 Å². The van der Waals surface area contributed by atoms with Crippen LogP contribution < -0.4 is 0 Å². The average molecular weight is 304 g/mol. The Bertz CT molecular complexity index is 441. The third kappa shape index (κ3) is 2.59. The minimum atomic E-state index is -0.368. The van der Waals surface area contributed by atoms with E-state index in [-0.39, 0.29) is 11.9 Å². The van der Waals surface area contributed by atoms with Gasteiger partial charge in [0.2, 0.25) is 0 Å². The van der Waals surface area contributed by atoms with Crippen molar-refractivity contribution in [1.82, 2.24) is 0 Å². The van der Waals surface area contributed by atoms with Gasteiger partial charge < -0.3 is 9.47 Å². The van der Waals surface area contributed by atoms with Gasteiger partial charge in [-0.25, -0.2) is 9.59 Å². The highest BCUT2D eigenvalue weighted by molar-refractivity contribution is 5.81. The Morgan fingerprint density at radius 3 is 1.73 bits per heavy atom. The van der Waals surface area contributed by atoms with Gasteiger partial charge >= 0.3 is 11.9 Å². The lowest BCUT2D eigenvalue weighted by Crippen LogP contribution is -2.38. The zero-order valence-electron chi connectivity index (χ0n) is 12.9. The van der Waals surface area contributed by atoms with Gasteiger partial charge in [-0.1, -0.05) is 19.6 Å². The van der Waals surface area contributed by atoms with Crippen LogP contribution in [0.3, 0.4) is 0 Å². The number of carbonyl (C=O) groups is 2. The van der Waals surface area contributed by atoms with E-state index in [1.54, 1.807) is 0 Å². The maximum atomic E-state index is 11.4. The Hall–Kier alpha value is -1.58. The normalized spacial score (nSPS) is 38.4. The summed E-state index contributed by atoms with van der Waals surface area (Å²) in [6, 6.07) is 0. The largest absolute Gasteiger partial charge is 0.462 e. The number of ether oxygens (including phenoxy) is 2. The van der Waals surface area contributed by atoms with Crippen LogP contribution in [0.25, 0.3) is 0 Å².